The van der Waals surface area contributed by atoms with Gasteiger partial charge in [0.15, 0.2) is 11.5 Å². The highest BCUT2D eigenvalue weighted by Crippen LogP contribution is 2.29. The summed E-state index contributed by atoms with van der Waals surface area (Å²) in [6.07, 6.45) is 3.96. The monoisotopic (exact) mass is 446 g/mol. The Labute approximate surface area is 191 Å². The van der Waals surface area contributed by atoms with Crippen LogP contribution in [0.5, 0.6) is 11.5 Å². The second kappa shape index (κ2) is 9.71. The largest absolute Gasteiger partial charge is 0.493 e. The highest BCUT2D eigenvalue weighted by Gasteiger charge is 2.13. The molecule has 0 N–H and O–H groups in total. The predicted molar refractivity (Wildman–Crippen MR) is 130 cm³/mol. The van der Waals surface area contributed by atoms with Gasteiger partial charge in [-0.1, -0.05) is 42.0 Å². The highest BCUT2D eigenvalue weighted by molar-refractivity contribution is 6.30. The molecule has 4 rings (SSSR count). The Balaban J connectivity index is 1.67. The van der Waals surface area contributed by atoms with Crippen molar-refractivity contribution in [2.75, 3.05) is 13.7 Å². The maximum absolute atomic E-state index is 13.3. The molecule has 162 valence electrons. The van der Waals surface area contributed by atoms with Crippen molar-refractivity contribution in [3.8, 4) is 22.9 Å². The van der Waals surface area contributed by atoms with Gasteiger partial charge in [0.05, 0.1) is 24.6 Å². The molecule has 0 fully saturated rings. The Morgan fingerprint density at radius 2 is 1.81 bits per heavy atom. The summed E-state index contributed by atoms with van der Waals surface area (Å²) >= 11 is 6.05. The summed E-state index contributed by atoms with van der Waals surface area (Å²) < 4.78 is 13.1. The molecule has 0 aliphatic rings. The van der Waals surface area contributed by atoms with Crippen LogP contribution in [0.15, 0.2) is 77.6 Å². The number of halogens is 1. The molecule has 1 heterocycles. The Morgan fingerprint density at radius 3 is 2.56 bits per heavy atom. The number of hydrogen-bond donors (Lipinski definition) is 0. The summed E-state index contributed by atoms with van der Waals surface area (Å²) in [5.41, 5.74) is 2.38. The van der Waals surface area contributed by atoms with E-state index in [9.17, 15) is 4.79 Å². The van der Waals surface area contributed by atoms with E-state index in [-0.39, 0.29) is 12.2 Å². The summed E-state index contributed by atoms with van der Waals surface area (Å²) in [4.78, 5) is 18.0. The van der Waals surface area contributed by atoms with E-state index in [2.05, 4.69) is 0 Å². The van der Waals surface area contributed by atoms with Crippen LogP contribution in [0.25, 0.3) is 28.4 Å². The van der Waals surface area contributed by atoms with Crippen LogP contribution < -0.4 is 15.0 Å². The number of rotatable bonds is 7. The van der Waals surface area contributed by atoms with Gasteiger partial charge in [0, 0.05) is 10.6 Å². The van der Waals surface area contributed by atoms with Crippen LogP contribution >= 0.6 is 11.6 Å². The van der Waals surface area contributed by atoms with Crippen molar-refractivity contribution in [3.05, 3.63) is 93.7 Å². The molecule has 4 aromatic rings. The number of benzene rings is 3. The first-order valence-corrected chi connectivity index (χ1v) is 10.7. The molecule has 0 radical (unpaired) electrons. The Bertz CT molecular complexity index is 1330. The molecular formula is C26H23ClN2O3. The second-order valence-corrected chi connectivity index (χ2v) is 7.61. The topological polar surface area (TPSA) is 53.4 Å². The first-order valence-electron chi connectivity index (χ1n) is 10.3. The molecule has 0 bridgehead atoms. The zero-order valence-corrected chi connectivity index (χ0v) is 18.7. The maximum atomic E-state index is 13.3. The number of methoxy groups -OCH3 is 1. The van der Waals surface area contributed by atoms with Gasteiger partial charge in [-0.2, -0.15) is 0 Å². The fourth-order valence-electron chi connectivity index (χ4n) is 3.54. The van der Waals surface area contributed by atoms with Crippen molar-refractivity contribution in [1.29, 1.82) is 0 Å². The zero-order chi connectivity index (χ0) is 22.5. The summed E-state index contributed by atoms with van der Waals surface area (Å²) in [6.45, 7) is 2.57. The van der Waals surface area contributed by atoms with Crippen molar-refractivity contribution >= 4 is 28.6 Å². The molecule has 0 saturated heterocycles. The van der Waals surface area contributed by atoms with Crippen LogP contribution in [0.3, 0.4) is 0 Å². The normalized spacial score (nSPS) is 11.2. The van der Waals surface area contributed by atoms with Crippen molar-refractivity contribution < 1.29 is 9.47 Å². The predicted octanol–water partition coefficient (Wildman–Crippen LogP) is 5.84. The molecule has 5 nitrogen and oxygen atoms in total. The number of nitrogens with zero attached hydrogens (tertiary/aromatic N) is 2. The van der Waals surface area contributed by atoms with Gasteiger partial charge >= 0.3 is 0 Å². The average Bonchev–Trinajstić information content (AvgIpc) is 2.82. The second-order valence-electron chi connectivity index (χ2n) is 7.18. The number of fused-ring (bicyclic) bond motifs is 1. The standard InChI is InChI=1S/C26H23ClN2O3/c1-3-6-18-9-14-23(24(17-18)31-2)32-16-15-29-25(19-10-12-20(27)13-11-19)28-22-8-5-4-7-21(22)26(29)30/h3-14,17H,15-16H2,1-2H3/b6-3+. The first kappa shape index (κ1) is 21.7. The minimum atomic E-state index is -0.112. The number of allylic oxidation sites excluding steroid dienone is 1. The lowest BCUT2D eigenvalue weighted by molar-refractivity contribution is 0.278. The summed E-state index contributed by atoms with van der Waals surface area (Å²) in [5.74, 6) is 1.84. The highest BCUT2D eigenvalue weighted by atomic mass is 35.5. The summed E-state index contributed by atoms with van der Waals surface area (Å²) in [7, 11) is 1.61. The summed E-state index contributed by atoms with van der Waals surface area (Å²) in [6, 6.07) is 20.4. The number of aromatic nitrogens is 2. The molecule has 0 saturated carbocycles. The van der Waals surface area contributed by atoms with Crippen molar-refractivity contribution in [1.82, 2.24) is 9.55 Å². The third-order valence-corrected chi connectivity index (χ3v) is 5.34. The smallest absolute Gasteiger partial charge is 0.261 e. The van der Waals surface area contributed by atoms with E-state index in [0.29, 0.717) is 39.8 Å². The minimum Gasteiger partial charge on any atom is -0.493 e. The van der Waals surface area contributed by atoms with E-state index in [1.54, 1.807) is 29.9 Å². The maximum Gasteiger partial charge on any atom is 0.261 e. The van der Waals surface area contributed by atoms with Crippen LogP contribution in [0.1, 0.15) is 12.5 Å². The van der Waals surface area contributed by atoms with Crippen molar-refractivity contribution in [3.63, 3.8) is 0 Å². The summed E-state index contributed by atoms with van der Waals surface area (Å²) in [5, 5.41) is 1.19. The molecule has 6 heteroatoms. The lowest BCUT2D eigenvalue weighted by atomic mass is 10.1. The molecule has 0 aliphatic heterocycles. The van der Waals surface area contributed by atoms with Gasteiger partial charge in [-0.3, -0.25) is 9.36 Å². The first-order chi connectivity index (χ1) is 15.6. The van der Waals surface area contributed by atoms with E-state index in [4.69, 9.17) is 26.1 Å². The molecule has 32 heavy (non-hydrogen) atoms. The fourth-order valence-corrected chi connectivity index (χ4v) is 3.67. The molecule has 3 aromatic carbocycles. The molecule has 0 amide bonds. The Hall–Kier alpha value is -3.57. The Kier molecular flexibility index (Phi) is 6.57. The van der Waals surface area contributed by atoms with Gasteiger partial charge in [0.1, 0.15) is 12.4 Å². The molecular weight excluding hydrogens is 424 g/mol. The number of para-hydroxylation sites is 1. The number of ether oxygens (including phenoxy) is 2. The van der Waals surface area contributed by atoms with Gasteiger partial charge in [0.25, 0.3) is 5.56 Å². The van der Waals surface area contributed by atoms with E-state index in [0.717, 1.165) is 11.1 Å². The van der Waals surface area contributed by atoms with Crippen LogP contribution in [-0.4, -0.2) is 23.3 Å². The Morgan fingerprint density at radius 1 is 1.03 bits per heavy atom. The van der Waals surface area contributed by atoms with Crippen molar-refractivity contribution in [2.24, 2.45) is 0 Å². The third-order valence-electron chi connectivity index (χ3n) is 5.08. The molecule has 0 aliphatic carbocycles. The SMILES string of the molecule is C/C=C/c1ccc(OCCn2c(-c3ccc(Cl)cc3)nc3ccccc3c2=O)c(OC)c1. The molecule has 0 atom stereocenters. The van der Waals surface area contributed by atoms with Gasteiger partial charge in [-0.25, -0.2) is 4.98 Å². The third kappa shape index (κ3) is 4.53. The van der Waals surface area contributed by atoms with Crippen LogP contribution in [0.2, 0.25) is 5.02 Å². The van der Waals surface area contributed by atoms with Gasteiger partial charge in [-0.05, 0) is 61.0 Å². The van der Waals surface area contributed by atoms with Crippen LogP contribution in [0, 0.1) is 0 Å². The van der Waals surface area contributed by atoms with Gasteiger partial charge < -0.3 is 9.47 Å². The average molecular weight is 447 g/mol. The quantitative estimate of drug-likeness (QED) is 0.358. The van der Waals surface area contributed by atoms with Crippen LogP contribution in [0.4, 0.5) is 0 Å². The lowest BCUT2D eigenvalue weighted by Crippen LogP contribution is -2.26. The number of hydrogen-bond acceptors (Lipinski definition) is 4. The van der Waals surface area contributed by atoms with E-state index >= 15 is 0 Å². The van der Waals surface area contributed by atoms with Gasteiger partial charge in [-0.15, -0.1) is 0 Å². The molecule has 0 unspecified atom stereocenters. The van der Waals surface area contributed by atoms with E-state index in [1.165, 1.54) is 0 Å². The van der Waals surface area contributed by atoms with Crippen molar-refractivity contribution in [2.45, 2.75) is 13.5 Å². The molecule has 1 aromatic heterocycles. The van der Waals surface area contributed by atoms with Gasteiger partial charge in [0.2, 0.25) is 0 Å². The molecule has 0 spiro atoms. The lowest BCUT2D eigenvalue weighted by Gasteiger charge is -2.15. The zero-order valence-electron chi connectivity index (χ0n) is 17.9. The fraction of sp³-hybridized carbons (Fsp3) is 0.154. The minimum absolute atomic E-state index is 0.112. The van der Waals surface area contributed by atoms with E-state index < -0.39 is 0 Å². The van der Waals surface area contributed by atoms with E-state index in [1.807, 2.05) is 67.6 Å². The van der Waals surface area contributed by atoms with Crippen LogP contribution in [-0.2, 0) is 6.54 Å².